The van der Waals surface area contributed by atoms with E-state index in [1.165, 1.54) is 6.42 Å². The van der Waals surface area contributed by atoms with E-state index in [0.717, 1.165) is 18.4 Å². The number of tetrazole rings is 1. The van der Waals surface area contributed by atoms with Crippen LogP contribution in [0.1, 0.15) is 26.2 Å². The minimum atomic E-state index is -0.0293. The van der Waals surface area contributed by atoms with Crippen LogP contribution in [0, 0.1) is 0 Å². The van der Waals surface area contributed by atoms with Crippen molar-refractivity contribution in [3.05, 3.63) is 12.1 Å². The van der Waals surface area contributed by atoms with E-state index in [-0.39, 0.29) is 5.54 Å². The van der Waals surface area contributed by atoms with Crippen LogP contribution in [0.4, 0.5) is 5.69 Å². The van der Waals surface area contributed by atoms with E-state index in [0.29, 0.717) is 23.0 Å². The van der Waals surface area contributed by atoms with Gasteiger partial charge in [-0.1, -0.05) is 0 Å². The molecule has 0 bridgehead atoms. The minimum absolute atomic E-state index is 0.0293. The number of aromatic nitrogens is 4. The van der Waals surface area contributed by atoms with Crippen molar-refractivity contribution in [2.45, 2.75) is 31.7 Å². The number of nitrogens with zero attached hydrogens (tertiary/aromatic N) is 4. The maximum atomic E-state index is 6.14. The standard InChI is InChI=1S/C14H19N5O2/c1-14(5-4-6-14)19-13(16-17-18-19)9-7-11(20-2)12(21-3)8-10(9)15/h7-8H,4-6,15H2,1-3H3. The molecule has 2 N–H and O–H groups in total. The van der Waals surface area contributed by atoms with E-state index in [1.807, 2.05) is 10.7 Å². The number of anilines is 1. The maximum absolute atomic E-state index is 6.14. The first-order valence-electron chi connectivity index (χ1n) is 6.90. The third-order valence-corrected chi connectivity index (χ3v) is 4.21. The molecule has 7 heteroatoms. The number of nitrogens with two attached hydrogens (primary N) is 1. The molecule has 7 nitrogen and oxygen atoms in total. The van der Waals surface area contributed by atoms with Gasteiger partial charge in [0.1, 0.15) is 0 Å². The van der Waals surface area contributed by atoms with Crippen LogP contribution in [0.15, 0.2) is 12.1 Å². The van der Waals surface area contributed by atoms with Crippen molar-refractivity contribution in [3.8, 4) is 22.9 Å². The molecule has 1 saturated carbocycles. The Balaban J connectivity index is 2.11. The van der Waals surface area contributed by atoms with Crippen LogP contribution in [-0.2, 0) is 5.54 Å². The summed E-state index contributed by atoms with van der Waals surface area (Å²) in [6.45, 7) is 2.16. The Morgan fingerprint density at radius 1 is 1.19 bits per heavy atom. The zero-order chi connectivity index (χ0) is 15.0. The number of ether oxygens (including phenoxy) is 2. The molecule has 0 atom stereocenters. The lowest BCUT2D eigenvalue weighted by molar-refractivity contribution is 0.148. The molecule has 1 aliphatic carbocycles. The van der Waals surface area contributed by atoms with E-state index in [4.69, 9.17) is 15.2 Å². The van der Waals surface area contributed by atoms with E-state index >= 15 is 0 Å². The van der Waals surface area contributed by atoms with E-state index < -0.39 is 0 Å². The second kappa shape index (κ2) is 4.91. The third-order valence-electron chi connectivity index (χ3n) is 4.21. The number of nitrogen functional groups attached to an aromatic ring is 1. The molecule has 0 saturated heterocycles. The number of hydrogen-bond donors (Lipinski definition) is 1. The summed E-state index contributed by atoms with van der Waals surface area (Å²) in [5.41, 5.74) is 7.43. The Morgan fingerprint density at radius 3 is 2.43 bits per heavy atom. The Labute approximate surface area is 123 Å². The average Bonchev–Trinajstić information content (AvgIpc) is 2.93. The number of rotatable bonds is 4. The molecule has 3 rings (SSSR count). The van der Waals surface area contributed by atoms with Crippen molar-refractivity contribution >= 4 is 5.69 Å². The summed E-state index contributed by atoms with van der Waals surface area (Å²) in [6.07, 6.45) is 3.33. The maximum Gasteiger partial charge on any atom is 0.184 e. The highest BCUT2D eigenvalue weighted by Gasteiger charge is 2.37. The fourth-order valence-corrected chi connectivity index (χ4v) is 2.71. The summed E-state index contributed by atoms with van der Waals surface area (Å²) < 4.78 is 12.5. The lowest BCUT2D eigenvalue weighted by Crippen LogP contribution is -2.38. The average molecular weight is 289 g/mol. The molecular formula is C14H19N5O2. The van der Waals surface area contributed by atoms with Crippen LogP contribution >= 0.6 is 0 Å². The van der Waals surface area contributed by atoms with Crippen molar-refractivity contribution in [1.29, 1.82) is 0 Å². The molecule has 0 aliphatic heterocycles. The predicted molar refractivity (Wildman–Crippen MR) is 78.3 cm³/mol. The van der Waals surface area contributed by atoms with Gasteiger partial charge in [0, 0.05) is 17.3 Å². The summed E-state index contributed by atoms with van der Waals surface area (Å²) >= 11 is 0. The van der Waals surface area contributed by atoms with Gasteiger partial charge in [0.25, 0.3) is 0 Å². The minimum Gasteiger partial charge on any atom is -0.493 e. The predicted octanol–water partition coefficient (Wildman–Crippen LogP) is 1.84. The first-order valence-corrected chi connectivity index (χ1v) is 6.90. The van der Waals surface area contributed by atoms with Gasteiger partial charge in [-0.3, -0.25) is 0 Å². The van der Waals surface area contributed by atoms with Crippen molar-refractivity contribution in [3.63, 3.8) is 0 Å². The fraction of sp³-hybridized carbons (Fsp3) is 0.500. The largest absolute Gasteiger partial charge is 0.493 e. The Kier molecular flexibility index (Phi) is 3.19. The van der Waals surface area contributed by atoms with Gasteiger partial charge in [-0.05, 0) is 42.7 Å². The summed E-state index contributed by atoms with van der Waals surface area (Å²) in [7, 11) is 3.17. The van der Waals surface area contributed by atoms with E-state index in [1.54, 1.807) is 20.3 Å². The number of methoxy groups -OCH3 is 2. The van der Waals surface area contributed by atoms with Gasteiger partial charge in [-0.25, -0.2) is 4.68 Å². The molecule has 1 aliphatic rings. The highest BCUT2D eigenvalue weighted by Crippen LogP contribution is 2.42. The van der Waals surface area contributed by atoms with Gasteiger partial charge in [-0.2, -0.15) is 0 Å². The highest BCUT2D eigenvalue weighted by molar-refractivity contribution is 5.76. The Morgan fingerprint density at radius 2 is 1.86 bits per heavy atom. The lowest BCUT2D eigenvalue weighted by Gasteiger charge is -2.38. The van der Waals surface area contributed by atoms with Crippen molar-refractivity contribution in [2.75, 3.05) is 20.0 Å². The van der Waals surface area contributed by atoms with Gasteiger partial charge >= 0.3 is 0 Å². The molecule has 1 aromatic carbocycles. The van der Waals surface area contributed by atoms with Gasteiger partial charge in [0.15, 0.2) is 17.3 Å². The van der Waals surface area contributed by atoms with Crippen molar-refractivity contribution < 1.29 is 9.47 Å². The fourth-order valence-electron chi connectivity index (χ4n) is 2.71. The van der Waals surface area contributed by atoms with Crippen LogP contribution in [-0.4, -0.2) is 34.4 Å². The molecule has 0 amide bonds. The van der Waals surface area contributed by atoms with Crippen molar-refractivity contribution in [2.24, 2.45) is 0 Å². The molecule has 112 valence electrons. The molecule has 0 unspecified atom stereocenters. The summed E-state index contributed by atoms with van der Waals surface area (Å²) in [6, 6.07) is 3.55. The SMILES string of the molecule is COc1cc(N)c(-c2nnnn2C2(C)CCC2)cc1OC. The van der Waals surface area contributed by atoms with Crippen LogP contribution < -0.4 is 15.2 Å². The van der Waals surface area contributed by atoms with Crippen molar-refractivity contribution in [1.82, 2.24) is 20.2 Å². The summed E-state index contributed by atoms with van der Waals surface area (Å²) in [5, 5.41) is 12.1. The lowest BCUT2D eigenvalue weighted by atomic mass is 9.78. The molecule has 1 fully saturated rings. The molecular weight excluding hydrogens is 270 g/mol. The van der Waals surface area contributed by atoms with Crippen LogP contribution in [0.2, 0.25) is 0 Å². The molecule has 21 heavy (non-hydrogen) atoms. The Hall–Kier alpha value is -2.31. The quantitative estimate of drug-likeness (QED) is 0.864. The van der Waals surface area contributed by atoms with E-state index in [2.05, 4.69) is 22.4 Å². The third kappa shape index (κ3) is 2.09. The summed E-state index contributed by atoms with van der Waals surface area (Å²) in [5.74, 6) is 1.86. The molecule has 1 heterocycles. The Bertz CT molecular complexity index is 663. The smallest absolute Gasteiger partial charge is 0.184 e. The van der Waals surface area contributed by atoms with Gasteiger partial charge in [0.2, 0.25) is 0 Å². The number of benzene rings is 1. The number of hydrogen-bond acceptors (Lipinski definition) is 6. The van der Waals surface area contributed by atoms with E-state index in [9.17, 15) is 0 Å². The molecule has 0 radical (unpaired) electrons. The monoisotopic (exact) mass is 289 g/mol. The first-order chi connectivity index (χ1) is 10.1. The van der Waals surface area contributed by atoms with Gasteiger partial charge < -0.3 is 15.2 Å². The zero-order valence-corrected chi connectivity index (χ0v) is 12.5. The van der Waals surface area contributed by atoms with Gasteiger partial charge in [-0.15, -0.1) is 5.10 Å². The second-order valence-electron chi connectivity index (χ2n) is 5.56. The molecule has 0 spiro atoms. The normalized spacial score (nSPS) is 16.3. The van der Waals surface area contributed by atoms with Crippen LogP contribution in [0.3, 0.4) is 0 Å². The molecule has 2 aromatic rings. The molecule has 1 aromatic heterocycles. The van der Waals surface area contributed by atoms with Crippen LogP contribution in [0.25, 0.3) is 11.4 Å². The topological polar surface area (TPSA) is 88.1 Å². The van der Waals surface area contributed by atoms with Gasteiger partial charge in [0.05, 0.1) is 19.8 Å². The zero-order valence-electron chi connectivity index (χ0n) is 12.5. The summed E-state index contributed by atoms with van der Waals surface area (Å²) in [4.78, 5) is 0. The highest BCUT2D eigenvalue weighted by atomic mass is 16.5. The second-order valence-corrected chi connectivity index (χ2v) is 5.56. The first kappa shape index (κ1) is 13.7. The van der Waals surface area contributed by atoms with Crippen LogP contribution in [0.5, 0.6) is 11.5 Å².